The Hall–Kier alpha value is -0.780. The van der Waals surface area contributed by atoms with E-state index in [1.165, 1.54) is 193 Å². The van der Waals surface area contributed by atoms with E-state index in [0.29, 0.717) is 0 Å². The lowest BCUT2D eigenvalue weighted by atomic mass is 10.1. The molecule has 0 amide bonds. The zero-order chi connectivity index (χ0) is 31.5. The maximum absolute atomic E-state index is 2.41. The average Bonchev–Trinajstić information content (AvgIpc) is 3.01. The molecule has 0 N–H and O–H groups in total. The predicted molar refractivity (Wildman–Crippen MR) is 200 cm³/mol. The summed E-state index contributed by atoms with van der Waals surface area (Å²) in [5.74, 6) is 0. The summed E-state index contributed by atoms with van der Waals surface area (Å²) < 4.78 is 0. The summed E-state index contributed by atoms with van der Waals surface area (Å²) in [5, 5.41) is 0. The van der Waals surface area contributed by atoms with Gasteiger partial charge in [-0.25, -0.2) is 0 Å². The van der Waals surface area contributed by atoms with Gasteiger partial charge >= 0.3 is 0 Å². The van der Waals surface area contributed by atoms with Crippen LogP contribution in [-0.4, -0.2) is 0 Å². The Kier molecular flexibility index (Phi) is 54.2. The Morgan fingerprint density at radius 3 is 0.571 bits per heavy atom. The van der Waals surface area contributed by atoms with Gasteiger partial charge in [-0.1, -0.05) is 213 Å². The molecule has 0 saturated heterocycles. The van der Waals surface area contributed by atoms with Gasteiger partial charge in [0, 0.05) is 0 Å². The van der Waals surface area contributed by atoms with E-state index in [2.05, 4.69) is 78.0 Å². The van der Waals surface area contributed by atoms with Crippen LogP contribution in [-0.2, 0) is 0 Å². The van der Waals surface area contributed by atoms with Crippen molar-refractivity contribution in [3.05, 3.63) is 36.5 Å². The van der Waals surface area contributed by atoms with Crippen LogP contribution in [0.15, 0.2) is 36.5 Å². The lowest BCUT2D eigenvalue weighted by molar-refractivity contribution is 0.606. The van der Waals surface area contributed by atoms with Crippen molar-refractivity contribution in [1.29, 1.82) is 0 Å². The Morgan fingerprint density at radius 1 is 0.190 bits per heavy atom. The van der Waals surface area contributed by atoms with Gasteiger partial charge in [-0.2, -0.15) is 0 Å². The fraction of sp³-hybridized carbons (Fsp3) is 0.857. The molecule has 0 rings (SSSR count). The summed E-state index contributed by atoms with van der Waals surface area (Å²) in [6.07, 6.45) is 55.4. The van der Waals surface area contributed by atoms with Crippen LogP contribution in [0.4, 0.5) is 0 Å². The third-order valence-corrected chi connectivity index (χ3v) is 7.85. The van der Waals surface area contributed by atoms with E-state index in [-0.39, 0.29) is 0 Å². The SMILES string of the molecule is CCCC/C=C/CCCC.CCCC/C=C/CCCCCCCC.CCCCCCCC/C=C/CCCCCCCC. The molecule has 0 spiro atoms. The Bertz CT molecular complexity index is 454. The Morgan fingerprint density at radius 2 is 0.357 bits per heavy atom. The first kappa shape index (κ1) is 45.6. The molecule has 0 heteroatoms. The van der Waals surface area contributed by atoms with Crippen molar-refractivity contribution in [2.24, 2.45) is 0 Å². The standard InChI is InChI=1S/C18H36.C14H28.C10H20/c1-3-5-7-9-11-13-15-17-18-16-14-12-10-8-6-4-2;1-3-5-7-9-11-13-14-12-10-8-6-4-2;1-3-5-7-9-10-8-6-4-2/h17-18H,3-16H2,1-2H3;9,11H,3-8,10,12-14H2,1-2H3;9-10H,3-8H2,1-2H3/b18-17+;11-9+;10-9+. The molecular formula is C42H84. The summed E-state index contributed by atoms with van der Waals surface area (Å²) in [6.45, 7) is 13.6. The molecule has 0 fully saturated rings. The predicted octanol–water partition coefficient (Wildman–Crippen LogP) is 16.5. The second kappa shape index (κ2) is 49.9. The zero-order valence-electron chi connectivity index (χ0n) is 30.7. The minimum absolute atomic E-state index is 1.28. The summed E-state index contributed by atoms with van der Waals surface area (Å²) in [7, 11) is 0. The molecular weight excluding hydrogens is 504 g/mol. The smallest absolute Gasteiger partial charge is 0.0351 e. The van der Waals surface area contributed by atoms with Gasteiger partial charge < -0.3 is 0 Å². The van der Waals surface area contributed by atoms with Crippen molar-refractivity contribution in [1.82, 2.24) is 0 Å². The normalized spacial score (nSPS) is 11.3. The largest absolute Gasteiger partial charge is 0.0885 e. The molecule has 0 aromatic rings. The fourth-order valence-electron chi connectivity index (χ4n) is 4.80. The van der Waals surface area contributed by atoms with Gasteiger partial charge in [-0.3, -0.25) is 0 Å². The van der Waals surface area contributed by atoms with Crippen LogP contribution >= 0.6 is 0 Å². The molecule has 0 aliphatic carbocycles. The van der Waals surface area contributed by atoms with Crippen LogP contribution in [0.1, 0.15) is 234 Å². The molecule has 0 atom stereocenters. The maximum atomic E-state index is 2.41. The first-order chi connectivity index (χ1) is 20.7. The average molecular weight is 589 g/mol. The highest BCUT2D eigenvalue weighted by Crippen LogP contribution is 2.10. The number of unbranched alkanes of at least 4 members (excludes halogenated alkanes) is 24. The van der Waals surface area contributed by atoms with Gasteiger partial charge in [-0.15, -0.1) is 0 Å². The summed E-state index contributed by atoms with van der Waals surface area (Å²) in [6, 6.07) is 0. The molecule has 0 unspecified atom stereocenters. The molecule has 0 aromatic heterocycles. The van der Waals surface area contributed by atoms with Gasteiger partial charge in [-0.05, 0) is 57.8 Å². The molecule has 0 nitrogen and oxygen atoms in total. The summed E-state index contributed by atoms with van der Waals surface area (Å²) in [4.78, 5) is 0. The number of rotatable bonds is 30. The van der Waals surface area contributed by atoms with E-state index >= 15 is 0 Å². The second-order valence-electron chi connectivity index (χ2n) is 12.5. The van der Waals surface area contributed by atoms with E-state index < -0.39 is 0 Å². The van der Waals surface area contributed by atoms with Crippen LogP contribution < -0.4 is 0 Å². The van der Waals surface area contributed by atoms with E-state index in [4.69, 9.17) is 0 Å². The monoisotopic (exact) mass is 589 g/mol. The van der Waals surface area contributed by atoms with Gasteiger partial charge in [0.2, 0.25) is 0 Å². The van der Waals surface area contributed by atoms with Crippen LogP contribution in [0, 0.1) is 0 Å². The van der Waals surface area contributed by atoms with Gasteiger partial charge in [0.15, 0.2) is 0 Å². The molecule has 0 aliphatic rings. The zero-order valence-corrected chi connectivity index (χ0v) is 30.7. The number of hydrogen-bond acceptors (Lipinski definition) is 0. The number of allylic oxidation sites excluding steroid dienone is 6. The highest BCUT2D eigenvalue weighted by molar-refractivity contribution is 4.82. The molecule has 0 bridgehead atoms. The summed E-state index contributed by atoms with van der Waals surface area (Å²) in [5.41, 5.74) is 0. The van der Waals surface area contributed by atoms with E-state index in [1.807, 2.05) is 0 Å². The quantitative estimate of drug-likeness (QED) is 0.0578. The molecule has 0 saturated carbocycles. The van der Waals surface area contributed by atoms with E-state index in [0.717, 1.165) is 0 Å². The van der Waals surface area contributed by atoms with Gasteiger partial charge in [0.1, 0.15) is 0 Å². The van der Waals surface area contributed by atoms with E-state index in [9.17, 15) is 0 Å². The minimum atomic E-state index is 1.28. The first-order valence-corrected chi connectivity index (χ1v) is 19.7. The molecule has 0 heterocycles. The lowest BCUT2D eigenvalue weighted by Gasteiger charge is -1.98. The molecule has 0 aromatic carbocycles. The third-order valence-electron chi connectivity index (χ3n) is 7.85. The van der Waals surface area contributed by atoms with Crippen molar-refractivity contribution in [3.8, 4) is 0 Å². The van der Waals surface area contributed by atoms with Crippen LogP contribution in [0.25, 0.3) is 0 Å². The van der Waals surface area contributed by atoms with Crippen molar-refractivity contribution in [3.63, 3.8) is 0 Å². The van der Waals surface area contributed by atoms with Crippen LogP contribution in [0.5, 0.6) is 0 Å². The maximum Gasteiger partial charge on any atom is -0.0351 e. The highest BCUT2D eigenvalue weighted by atomic mass is 14.0. The molecule has 0 radical (unpaired) electrons. The lowest BCUT2D eigenvalue weighted by Crippen LogP contribution is -1.79. The summed E-state index contributed by atoms with van der Waals surface area (Å²) >= 11 is 0. The Labute approximate surface area is 270 Å². The van der Waals surface area contributed by atoms with Crippen molar-refractivity contribution in [2.75, 3.05) is 0 Å². The molecule has 252 valence electrons. The Balaban J connectivity index is -0.000000567. The second-order valence-corrected chi connectivity index (χ2v) is 12.5. The van der Waals surface area contributed by atoms with Crippen molar-refractivity contribution in [2.45, 2.75) is 234 Å². The number of hydrogen-bond donors (Lipinski definition) is 0. The van der Waals surface area contributed by atoms with Gasteiger partial charge in [0.05, 0.1) is 0 Å². The fourth-order valence-corrected chi connectivity index (χ4v) is 4.80. The minimum Gasteiger partial charge on any atom is -0.0885 e. The van der Waals surface area contributed by atoms with Crippen LogP contribution in [0.3, 0.4) is 0 Å². The highest BCUT2D eigenvalue weighted by Gasteiger charge is 1.90. The topological polar surface area (TPSA) is 0 Å². The van der Waals surface area contributed by atoms with Crippen LogP contribution in [0.2, 0.25) is 0 Å². The van der Waals surface area contributed by atoms with Gasteiger partial charge in [0.25, 0.3) is 0 Å². The third kappa shape index (κ3) is 55.2. The van der Waals surface area contributed by atoms with E-state index in [1.54, 1.807) is 0 Å². The molecule has 42 heavy (non-hydrogen) atoms. The van der Waals surface area contributed by atoms with Crippen molar-refractivity contribution < 1.29 is 0 Å². The molecule has 0 aliphatic heterocycles. The first-order valence-electron chi connectivity index (χ1n) is 19.7. The van der Waals surface area contributed by atoms with Crippen molar-refractivity contribution >= 4 is 0 Å².